The van der Waals surface area contributed by atoms with Gasteiger partial charge in [-0.2, -0.15) is 0 Å². The normalized spacial score (nSPS) is 18.4. The number of fused-ring (bicyclic) bond motifs is 1. The zero-order valence-corrected chi connectivity index (χ0v) is 19.0. The molecule has 2 saturated heterocycles. The summed E-state index contributed by atoms with van der Waals surface area (Å²) in [5, 5.41) is 0. The molecule has 0 spiro atoms. The van der Waals surface area contributed by atoms with Gasteiger partial charge in [0.1, 0.15) is 6.54 Å². The average Bonchev–Trinajstić information content (AvgIpc) is 3.57. The molecule has 0 radical (unpaired) electrons. The Morgan fingerprint density at radius 2 is 1.79 bits per heavy atom. The summed E-state index contributed by atoms with van der Waals surface area (Å²) < 4.78 is 3.09. The molecular weight excluding hydrogens is 420 g/mol. The maximum Gasteiger partial charge on any atom is 0.329 e. The Morgan fingerprint density at radius 3 is 2.52 bits per heavy atom. The largest absolute Gasteiger partial charge is 0.339 e. The van der Waals surface area contributed by atoms with Gasteiger partial charge in [-0.25, -0.2) is 14.8 Å². The Balaban J connectivity index is 1.38. The van der Waals surface area contributed by atoms with Gasteiger partial charge in [-0.1, -0.05) is 12.1 Å². The van der Waals surface area contributed by atoms with Crippen LogP contribution in [0.2, 0.25) is 0 Å². The zero-order valence-electron chi connectivity index (χ0n) is 19.0. The Bertz CT molecular complexity index is 1290. The van der Waals surface area contributed by atoms with Crippen LogP contribution in [0.5, 0.6) is 0 Å². The minimum Gasteiger partial charge on any atom is -0.339 e. The third-order valence-corrected chi connectivity index (χ3v) is 6.84. The lowest BCUT2D eigenvalue weighted by Gasteiger charge is -2.24. The van der Waals surface area contributed by atoms with Crippen molar-refractivity contribution in [3.63, 3.8) is 0 Å². The predicted octanol–water partition coefficient (Wildman–Crippen LogP) is 2.04. The highest BCUT2D eigenvalue weighted by Crippen LogP contribution is 2.30. The Hall–Kier alpha value is -3.49. The van der Waals surface area contributed by atoms with E-state index in [0.717, 1.165) is 49.8 Å². The number of amides is 2. The van der Waals surface area contributed by atoms with Gasteiger partial charge in [-0.3, -0.25) is 18.7 Å². The van der Waals surface area contributed by atoms with Gasteiger partial charge >= 0.3 is 5.69 Å². The second-order valence-electron chi connectivity index (χ2n) is 8.89. The number of carbonyl (C=O) groups is 2. The minimum atomic E-state index is -0.252. The standard InChI is InChI=1S/C24H28N6O3/c1-16-17(23(32)28-11-5-6-12-28)14-25-22(26-16)20-10-7-13-29(20)21(31)15-30-19-9-4-3-8-18(19)27(2)24(30)33/h3-4,8-9,14,20H,5-7,10-13,15H2,1-2H3/t20-/m1/s1. The van der Waals surface area contributed by atoms with E-state index < -0.39 is 0 Å². The highest BCUT2D eigenvalue weighted by molar-refractivity contribution is 5.95. The summed E-state index contributed by atoms with van der Waals surface area (Å²) in [5.41, 5.74) is 2.49. The van der Waals surface area contributed by atoms with Crippen LogP contribution < -0.4 is 5.69 Å². The third-order valence-electron chi connectivity index (χ3n) is 6.84. The fourth-order valence-corrected chi connectivity index (χ4v) is 5.02. The van der Waals surface area contributed by atoms with E-state index in [-0.39, 0.29) is 30.1 Å². The van der Waals surface area contributed by atoms with Gasteiger partial charge in [0.25, 0.3) is 5.91 Å². The molecule has 1 aromatic carbocycles. The Labute approximate surface area is 191 Å². The van der Waals surface area contributed by atoms with Gasteiger partial charge < -0.3 is 9.80 Å². The predicted molar refractivity (Wildman–Crippen MR) is 123 cm³/mol. The molecule has 4 heterocycles. The number of hydrogen-bond donors (Lipinski definition) is 0. The molecule has 5 rings (SSSR count). The van der Waals surface area contributed by atoms with Gasteiger partial charge in [0.05, 0.1) is 28.3 Å². The van der Waals surface area contributed by atoms with Crippen molar-refractivity contribution in [2.24, 2.45) is 7.05 Å². The molecule has 2 fully saturated rings. The van der Waals surface area contributed by atoms with E-state index >= 15 is 0 Å². The van der Waals surface area contributed by atoms with E-state index in [1.807, 2.05) is 36.1 Å². The molecule has 0 N–H and O–H groups in total. The first-order chi connectivity index (χ1) is 16.0. The molecule has 2 aromatic heterocycles. The maximum atomic E-state index is 13.3. The fraction of sp³-hybridized carbons (Fsp3) is 0.458. The van der Waals surface area contributed by atoms with Gasteiger partial charge in [-0.15, -0.1) is 0 Å². The van der Waals surface area contributed by atoms with E-state index in [4.69, 9.17) is 0 Å². The molecule has 0 saturated carbocycles. The number of benzene rings is 1. The van der Waals surface area contributed by atoms with E-state index in [2.05, 4.69) is 9.97 Å². The molecule has 3 aromatic rings. The van der Waals surface area contributed by atoms with Crippen LogP contribution >= 0.6 is 0 Å². The molecule has 0 aliphatic carbocycles. The van der Waals surface area contributed by atoms with Crippen LogP contribution in [0.3, 0.4) is 0 Å². The molecule has 2 aliphatic heterocycles. The number of hydrogen-bond acceptors (Lipinski definition) is 5. The lowest BCUT2D eigenvalue weighted by Crippen LogP contribution is -2.37. The molecule has 0 unspecified atom stereocenters. The number of carbonyl (C=O) groups excluding carboxylic acids is 2. The van der Waals surface area contributed by atoms with E-state index in [0.29, 0.717) is 23.6 Å². The van der Waals surface area contributed by atoms with Crippen LogP contribution in [0.4, 0.5) is 0 Å². The van der Waals surface area contributed by atoms with Crippen LogP contribution in [-0.2, 0) is 18.4 Å². The van der Waals surface area contributed by atoms with Crippen molar-refractivity contribution in [2.45, 2.75) is 45.2 Å². The SMILES string of the molecule is Cc1nc([C@H]2CCCN2C(=O)Cn2c(=O)n(C)c3ccccc32)ncc1C(=O)N1CCCC1. The van der Waals surface area contributed by atoms with Crippen LogP contribution in [0.25, 0.3) is 11.0 Å². The van der Waals surface area contributed by atoms with Crippen molar-refractivity contribution in [3.8, 4) is 0 Å². The number of nitrogens with zero attached hydrogens (tertiary/aromatic N) is 6. The maximum absolute atomic E-state index is 13.3. The first-order valence-corrected chi connectivity index (χ1v) is 11.5. The molecule has 2 aliphatic rings. The monoisotopic (exact) mass is 448 g/mol. The quantitative estimate of drug-likeness (QED) is 0.609. The summed E-state index contributed by atoms with van der Waals surface area (Å²) in [6.45, 7) is 3.95. The lowest BCUT2D eigenvalue weighted by molar-refractivity contribution is -0.132. The molecular formula is C24H28N6O3. The third kappa shape index (κ3) is 3.71. The van der Waals surface area contributed by atoms with Gasteiger partial charge in [0.15, 0.2) is 5.82 Å². The topological polar surface area (TPSA) is 93.3 Å². The molecule has 0 bridgehead atoms. The minimum absolute atomic E-state index is 0.0220. The molecule has 2 amide bonds. The van der Waals surface area contributed by atoms with E-state index in [1.54, 1.807) is 22.7 Å². The number of likely N-dealkylation sites (tertiary alicyclic amines) is 2. The van der Waals surface area contributed by atoms with Crippen LogP contribution in [0.15, 0.2) is 35.3 Å². The van der Waals surface area contributed by atoms with Gasteiger partial charge in [0, 0.05) is 32.9 Å². The summed E-state index contributed by atoms with van der Waals surface area (Å²) in [6, 6.07) is 7.22. The van der Waals surface area contributed by atoms with Crippen LogP contribution in [-0.4, -0.2) is 60.4 Å². The Morgan fingerprint density at radius 1 is 1.06 bits per heavy atom. The van der Waals surface area contributed by atoms with Crippen molar-refractivity contribution in [1.29, 1.82) is 0 Å². The molecule has 172 valence electrons. The number of para-hydroxylation sites is 2. The first-order valence-electron chi connectivity index (χ1n) is 11.5. The Kier molecular flexibility index (Phi) is 5.47. The number of rotatable bonds is 4. The smallest absolute Gasteiger partial charge is 0.329 e. The summed E-state index contributed by atoms with van der Waals surface area (Å²) in [5.74, 6) is 0.405. The lowest BCUT2D eigenvalue weighted by atomic mass is 10.1. The second-order valence-corrected chi connectivity index (χ2v) is 8.89. The molecule has 33 heavy (non-hydrogen) atoms. The summed E-state index contributed by atoms with van der Waals surface area (Å²) >= 11 is 0. The van der Waals surface area contributed by atoms with Crippen molar-refractivity contribution >= 4 is 22.8 Å². The van der Waals surface area contributed by atoms with Crippen LogP contribution in [0.1, 0.15) is 53.6 Å². The van der Waals surface area contributed by atoms with Crippen molar-refractivity contribution < 1.29 is 9.59 Å². The van der Waals surface area contributed by atoms with Gasteiger partial charge in [0.2, 0.25) is 5.91 Å². The molecule has 1 atom stereocenters. The zero-order chi connectivity index (χ0) is 23.1. The first kappa shape index (κ1) is 21.4. The number of aromatic nitrogens is 4. The highest BCUT2D eigenvalue weighted by atomic mass is 16.2. The summed E-state index contributed by atoms with van der Waals surface area (Å²) in [7, 11) is 1.71. The molecule has 9 nitrogen and oxygen atoms in total. The number of aryl methyl sites for hydroxylation is 2. The highest BCUT2D eigenvalue weighted by Gasteiger charge is 2.33. The second kappa shape index (κ2) is 8.46. The summed E-state index contributed by atoms with van der Waals surface area (Å²) in [6.07, 6.45) is 5.27. The molecule has 9 heteroatoms. The summed E-state index contributed by atoms with van der Waals surface area (Å²) in [4.78, 5) is 51.5. The van der Waals surface area contributed by atoms with E-state index in [9.17, 15) is 14.4 Å². The number of imidazole rings is 1. The van der Waals surface area contributed by atoms with Crippen molar-refractivity contribution in [2.75, 3.05) is 19.6 Å². The average molecular weight is 449 g/mol. The van der Waals surface area contributed by atoms with Crippen molar-refractivity contribution in [3.05, 3.63) is 58.0 Å². The van der Waals surface area contributed by atoms with Gasteiger partial charge in [-0.05, 0) is 44.7 Å². The fourth-order valence-electron chi connectivity index (χ4n) is 5.02. The van der Waals surface area contributed by atoms with Crippen molar-refractivity contribution in [1.82, 2.24) is 28.9 Å². The van der Waals surface area contributed by atoms with E-state index in [1.165, 1.54) is 4.57 Å². The van der Waals surface area contributed by atoms with Crippen LogP contribution in [0, 0.1) is 6.92 Å².